The van der Waals surface area contributed by atoms with Gasteiger partial charge in [-0.1, -0.05) is 30.3 Å². The number of methoxy groups -OCH3 is 1. The van der Waals surface area contributed by atoms with Crippen molar-refractivity contribution in [3.63, 3.8) is 0 Å². The minimum atomic E-state index is 0.389. The summed E-state index contributed by atoms with van der Waals surface area (Å²) in [5.41, 5.74) is 3.30. The number of hydrogen-bond acceptors (Lipinski definition) is 5. The molecule has 2 aromatic rings. The summed E-state index contributed by atoms with van der Waals surface area (Å²) in [4.78, 5) is 14.1. The smallest absolute Gasteiger partial charge is 0.226 e. The number of aromatic nitrogens is 2. The van der Waals surface area contributed by atoms with Gasteiger partial charge in [-0.05, 0) is 25.5 Å². The van der Waals surface area contributed by atoms with Gasteiger partial charge in [-0.25, -0.2) is 9.97 Å². The number of anilines is 1. The van der Waals surface area contributed by atoms with Crippen molar-refractivity contribution in [3.8, 4) is 0 Å². The lowest BCUT2D eigenvalue weighted by Gasteiger charge is -2.40. The summed E-state index contributed by atoms with van der Waals surface area (Å²) in [5, 5.41) is 0. The van der Waals surface area contributed by atoms with Crippen LogP contribution in [0.25, 0.3) is 0 Å². The van der Waals surface area contributed by atoms with E-state index in [4.69, 9.17) is 4.74 Å². The summed E-state index contributed by atoms with van der Waals surface area (Å²) in [7, 11) is 1.70. The number of aryl methyl sites for hydroxylation is 1. The standard InChI is InChI=1S/C19H26N4O/c1-15-11-18(14-24-3)21-19(20-15)23-10-9-22(12-16(23)2)13-17-7-5-4-6-8-17/h4-8,11,16H,9-10,12-14H2,1-3H3/t16-/m1/s1. The summed E-state index contributed by atoms with van der Waals surface area (Å²) >= 11 is 0. The molecule has 24 heavy (non-hydrogen) atoms. The van der Waals surface area contributed by atoms with Gasteiger partial charge in [0.1, 0.15) is 0 Å². The highest BCUT2D eigenvalue weighted by molar-refractivity contribution is 5.35. The van der Waals surface area contributed by atoms with E-state index in [0.717, 1.165) is 43.5 Å². The third kappa shape index (κ3) is 4.10. The van der Waals surface area contributed by atoms with E-state index in [1.54, 1.807) is 7.11 Å². The molecule has 3 rings (SSSR count). The zero-order valence-electron chi connectivity index (χ0n) is 14.8. The van der Waals surface area contributed by atoms with E-state index >= 15 is 0 Å². The molecule has 5 nitrogen and oxygen atoms in total. The number of hydrogen-bond donors (Lipinski definition) is 0. The molecule has 128 valence electrons. The third-order valence-electron chi connectivity index (χ3n) is 4.41. The van der Waals surface area contributed by atoms with E-state index < -0.39 is 0 Å². The molecule has 1 fully saturated rings. The van der Waals surface area contributed by atoms with Gasteiger partial charge in [0.15, 0.2) is 0 Å². The lowest BCUT2D eigenvalue weighted by Crippen LogP contribution is -2.52. The molecule has 2 heterocycles. The Morgan fingerprint density at radius 2 is 1.96 bits per heavy atom. The Bertz CT molecular complexity index is 662. The Morgan fingerprint density at radius 1 is 1.17 bits per heavy atom. The van der Waals surface area contributed by atoms with Crippen LogP contribution >= 0.6 is 0 Å². The van der Waals surface area contributed by atoms with Gasteiger partial charge in [-0.15, -0.1) is 0 Å². The largest absolute Gasteiger partial charge is 0.378 e. The molecule has 0 unspecified atom stereocenters. The van der Waals surface area contributed by atoms with Crippen molar-refractivity contribution in [2.24, 2.45) is 0 Å². The number of rotatable bonds is 5. The van der Waals surface area contributed by atoms with Gasteiger partial charge in [0.2, 0.25) is 5.95 Å². The zero-order valence-corrected chi connectivity index (χ0v) is 14.8. The maximum atomic E-state index is 5.22. The number of benzene rings is 1. The molecule has 1 aliphatic heterocycles. The molecule has 0 aliphatic carbocycles. The van der Waals surface area contributed by atoms with Crippen LogP contribution in [0.3, 0.4) is 0 Å². The van der Waals surface area contributed by atoms with Crippen LogP contribution in [0.5, 0.6) is 0 Å². The second-order valence-corrected chi connectivity index (χ2v) is 6.50. The molecule has 1 aliphatic rings. The zero-order chi connectivity index (χ0) is 16.9. The molecule has 0 bridgehead atoms. The van der Waals surface area contributed by atoms with Gasteiger partial charge < -0.3 is 9.64 Å². The van der Waals surface area contributed by atoms with E-state index in [0.29, 0.717) is 12.6 Å². The first-order valence-electron chi connectivity index (χ1n) is 8.52. The second-order valence-electron chi connectivity index (χ2n) is 6.50. The van der Waals surface area contributed by atoms with Crippen LogP contribution in [0, 0.1) is 6.92 Å². The van der Waals surface area contributed by atoms with Gasteiger partial charge in [-0.2, -0.15) is 0 Å². The van der Waals surface area contributed by atoms with Crippen LogP contribution in [0.2, 0.25) is 0 Å². The molecular weight excluding hydrogens is 300 g/mol. The lowest BCUT2D eigenvalue weighted by molar-refractivity contribution is 0.181. The summed E-state index contributed by atoms with van der Waals surface area (Å²) in [5.74, 6) is 0.828. The highest BCUT2D eigenvalue weighted by atomic mass is 16.5. The molecule has 0 radical (unpaired) electrons. The molecule has 0 spiro atoms. The monoisotopic (exact) mass is 326 g/mol. The van der Waals surface area contributed by atoms with Crippen LogP contribution in [0.4, 0.5) is 5.95 Å². The maximum absolute atomic E-state index is 5.22. The number of ether oxygens (including phenoxy) is 1. The molecule has 0 N–H and O–H groups in total. The minimum Gasteiger partial charge on any atom is -0.378 e. The number of nitrogens with zero attached hydrogens (tertiary/aromatic N) is 4. The topological polar surface area (TPSA) is 41.5 Å². The maximum Gasteiger partial charge on any atom is 0.226 e. The van der Waals surface area contributed by atoms with Gasteiger partial charge in [0.25, 0.3) is 0 Å². The predicted molar refractivity (Wildman–Crippen MR) is 96.0 cm³/mol. The first kappa shape index (κ1) is 16.9. The molecule has 0 saturated carbocycles. The summed E-state index contributed by atoms with van der Waals surface area (Å²) in [6, 6.07) is 13.0. The van der Waals surface area contributed by atoms with Crippen molar-refractivity contribution >= 4 is 5.95 Å². The molecule has 0 amide bonds. The van der Waals surface area contributed by atoms with E-state index in [2.05, 4.69) is 57.0 Å². The van der Waals surface area contributed by atoms with Crippen molar-refractivity contribution in [2.45, 2.75) is 33.0 Å². The van der Waals surface area contributed by atoms with Crippen LogP contribution in [-0.2, 0) is 17.9 Å². The van der Waals surface area contributed by atoms with Crippen molar-refractivity contribution in [3.05, 3.63) is 53.3 Å². The molecule has 1 atom stereocenters. The Hall–Kier alpha value is -1.98. The first-order chi connectivity index (χ1) is 11.7. The fourth-order valence-corrected chi connectivity index (χ4v) is 3.28. The van der Waals surface area contributed by atoms with Gasteiger partial charge in [-0.3, -0.25) is 4.90 Å². The van der Waals surface area contributed by atoms with E-state index in [1.807, 2.05) is 13.0 Å². The highest BCUT2D eigenvalue weighted by Gasteiger charge is 2.26. The van der Waals surface area contributed by atoms with E-state index in [9.17, 15) is 0 Å². The van der Waals surface area contributed by atoms with E-state index in [1.165, 1.54) is 5.56 Å². The fourth-order valence-electron chi connectivity index (χ4n) is 3.28. The normalized spacial score (nSPS) is 18.8. The van der Waals surface area contributed by atoms with Crippen LogP contribution < -0.4 is 4.90 Å². The second kappa shape index (κ2) is 7.73. The minimum absolute atomic E-state index is 0.389. The van der Waals surface area contributed by atoms with Crippen LogP contribution in [0.15, 0.2) is 36.4 Å². The highest BCUT2D eigenvalue weighted by Crippen LogP contribution is 2.19. The Morgan fingerprint density at radius 3 is 2.67 bits per heavy atom. The molecule has 5 heteroatoms. The van der Waals surface area contributed by atoms with Gasteiger partial charge >= 0.3 is 0 Å². The Labute approximate surface area is 144 Å². The summed E-state index contributed by atoms with van der Waals surface area (Å²) in [6.45, 7) is 8.78. The summed E-state index contributed by atoms with van der Waals surface area (Å²) in [6.07, 6.45) is 0. The average Bonchev–Trinajstić information content (AvgIpc) is 2.55. The predicted octanol–water partition coefficient (Wildman–Crippen LogP) is 2.64. The average molecular weight is 326 g/mol. The quantitative estimate of drug-likeness (QED) is 0.845. The van der Waals surface area contributed by atoms with Crippen molar-refractivity contribution in [1.29, 1.82) is 0 Å². The van der Waals surface area contributed by atoms with Crippen molar-refractivity contribution < 1.29 is 4.74 Å². The van der Waals surface area contributed by atoms with Gasteiger partial charge in [0, 0.05) is 45.0 Å². The molecule has 1 aromatic carbocycles. The van der Waals surface area contributed by atoms with Crippen molar-refractivity contribution in [1.82, 2.24) is 14.9 Å². The molecule has 1 aromatic heterocycles. The molecular formula is C19H26N4O. The van der Waals surface area contributed by atoms with Gasteiger partial charge in [0.05, 0.1) is 12.3 Å². The first-order valence-corrected chi connectivity index (χ1v) is 8.52. The van der Waals surface area contributed by atoms with Crippen molar-refractivity contribution in [2.75, 3.05) is 31.6 Å². The Kier molecular flexibility index (Phi) is 5.43. The van der Waals surface area contributed by atoms with Crippen LogP contribution in [-0.4, -0.2) is 47.7 Å². The molecule has 1 saturated heterocycles. The SMILES string of the molecule is COCc1cc(C)nc(N2CCN(Cc3ccccc3)C[C@H]2C)n1. The number of piperazine rings is 1. The van der Waals surface area contributed by atoms with E-state index in [-0.39, 0.29) is 0 Å². The third-order valence-corrected chi connectivity index (χ3v) is 4.41. The lowest BCUT2D eigenvalue weighted by atomic mass is 10.1. The van der Waals surface area contributed by atoms with Crippen LogP contribution in [0.1, 0.15) is 23.9 Å². The summed E-state index contributed by atoms with van der Waals surface area (Å²) < 4.78 is 5.22. The fraction of sp³-hybridized carbons (Fsp3) is 0.474. The Balaban J connectivity index is 1.67.